The molecule has 1 aliphatic heterocycles. The number of Topliss-reactive ketones (excluding diaryl/α,β-unsaturated/α-hetero) is 1. The van der Waals surface area contributed by atoms with Crippen LogP contribution in [0, 0.1) is 5.41 Å². The summed E-state index contributed by atoms with van der Waals surface area (Å²) >= 11 is 6.76. The number of nitrogens with one attached hydrogen (secondary N) is 1. The van der Waals surface area contributed by atoms with E-state index in [9.17, 15) is 4.79 Å². The second-order valence-corrected chi connectivity index (χ2v) is 9.92. The normalized spacial score (nSPS) is 19.7. The van der Waals surface area contributed by atoms with Gasteiger partial charge in [-0.1, -0.05) is 86.1 Å². The van der Waals surface area contributed by atoms with E-state index in [1.54, 1.807) is 0 Å². The molecule has 1 heterocycles. The molecule has 0 bridgehead atoms. The average Bonchev–Trinajstić information content (AvgIpc) is 2.89. The number of benzene rings is 3. The predicted octanol–water partition coefficient (Wildman–Crippen LogP) is 7.16. The zero-order valence-corrected chi connectivity index (χ0v) is 19.2. The Morgan fingerprint density at radius 3 is 2.41 bits per heavy atom. The molecule has 0 spiro atoms. The molecule has 162 valence electrons. The number of ketones is 1. The maximum atomic E-state index is 13.7. The average molecular weight is 443 g/mol. The largest absolute Gasteiger partial charge is 0.357 e. The molecule has 1 atom stereocenters. The molecule has 0 fully saturated rings. The Hall–Kier alpha value is -3.04. The molecule has 1 unspecified atom stereocenters. The van der Waals surface area contributed by atoms with E-state index in [-0.39, 0.29) is 17.2 Å². The molecule has 0 amide bonds. The van der Waals surface area contributed by atoms with Crippen molar-refractivity contribution < 1.29 is 4.79 Å². The molecule has 4 heteroatoms. The number of hydrogen-bond donors (Lipinski definition) is 1. The summed E-state index contributed by atoms with van der Waals surface area (Å²) in [5, 5.41) is 4.34. The first kappa shape index (κ1) is 20.8. The molecule has 0 radical (unpaired) electrons. The van der Waals surface area contributed by atoms with Gasteiger partial charge in [0.15, 0.2) is 5.78 Å². The van der Waals surface area contributed by atoms with Gasteiger partial charge in [-0.3, -0.25) is 4.79 Å². The Bertz CT molecular complexity index is 1200. The van der Waals surface area contributed by atoms with Crippen molar-refractivity contribution in [2.45, 2.75) is 39.3 Å². The summed E-state index contributed by atoms with van der Waals surface area (Å²) in [7, 11) is 0. The van der Waals surface area contributed by atoms with Gasteiger partial charge in [0.2, 0.25) is 0 Å². The number of carbonyl (C=O) groups is 1. The van der Waals surface area contributed by atoms with Crippen LogP contribution in [0.15, 0.2) is 90.1 Å². The number of hydrogen-bond acceptors (Lipinski definition) is 3. The van der Waals surface area contributed by atoms with Crippen LogP contribution >= 0.6 is 11.6 Å². The number of carbonyl (C=O) groups excluding carboxylic acids is 1. The van der Waals surface area contributed by atoms with Crippen LogP contribution in [0.3, 0.4) is 0 Å². The molecule has 0 saturated carbocycles. The molecule has 32 heavy (non-hydrogen) atoms. The van der Waals surface area contributed by atoms with E-state index in [0.29, 0.717) is 18.0 Å². The van der Waals surface area contributed by atoms with Gasteiger partial charge in [-0.15, -0.1) is 0 Å². The molecule has 5 rings (SSSR count). The monoisotopic (exact) mass is 442 g/mol. The first-order chi connectivity index (χ1) is 15.4. The topological polar surface area (TPSA) is 32.3 Å². The fourth-order valence-corrected chi connectivity index (χ4v) is 5.27. The quantitative estimate of drug-likeness (QED) is 0.467. The van der Waals surface area contributed by atoms with E-state index in [4.69, 9.17) is 11.6 Å². The van der Waals surface area contributed by atoms with Crippen LogP contribution in [-0.2, 0) is 11.3 Å². The Kier molecular flexibility index (Phi) is 5.30. The van der Waals surface area contributed by atoms with Gasteiger partial charge < -0.3 is 10.2 Å². The summed E-state index contributed by atoms with van der Waals surface area (Å²) in [6, 6.07) is 26.4. The van der Waals surface area contributed by atoms with Gasteiger partial charge in [-0.25, -0.2) is 0 Å². The highest BCUT2D eigenvalue weighted by Crippen LogP contribution is 2.49. The van der Waals surface area contributed by atoms with E-state index in [0.717, 1.165) is 34.6 Å². The highest BCUT2D eigenvalue weighted by atomic mass is 35.5. The fraction of sp³-hybridized carbons (Fsp3) is 0.250. The van der Waals surface area contributed by atoms with E-state index in [1.807, 2.05) is 30.3 Å². The Morgan fingerprint density at radius 1 is 0.938 bits per heavy atom. The minimum atomic E-state index is -0.265. The van der Waals surface area contributed by atoms with Crippen LogP contribution in [0.1, 0.15) is 43.9 Å². The fourth-order valence-electron chi connectivity index (χ4n) is 5.03. The first-order valence-corrected chi connectivity index (χ1v) is 11.5. The number of nitrogens with zero attached hydrogens (tertiary/aromatic N) is 1. The molecule has 0 aromatic heterocycles. The van der Waals surface area contributed by atoms with Crippen LogP contribution in [0.5, 0.6) is 0 Å². The lowest BCUT2D eigenvalue weighted by Crippen LogP contribution is -2.36. The van der Waals surface area contributed by atoms with Gasteiger partial charge in [0.1, 0.15) is 0 Å². The second kappa shape index (κ2) is 8.14. The molecule has 0 saturated heterocycles. The van der Waals surface area contributed by atoms with Crippen LogP contribution in [-0.4, -0.2) is 5.78 Å². The van der Waals surface area contributed by atoms with E-state index >= 15 is 0 Å². The highest BCUT2D eigenvalue weighted by Gasteiger charge is 2.41. The highest BCUT2D eigenvalue weighted by molar-refractivity contribution is 6.31. The third-order valence-corrected chi connectivity index (χ3v) is 6.74. The van der Waals surface area contributed by atoms with E-state index in [2.05, 4.69) is 72.6 Å². The number of anilines is 2. The zero-order chi connectivity index (χ0) is 22.3. The maximum Gasteiger partial charge on any atom is 0.163 e. The summed E-state index contributed by atoms with van der Waals surface area (Å²) in [5.41, 5.74) is 6.01. The molecule has 1 aliphatic carbocycles. The van der Waals surface area contributed by atoms with Crippen molar-refractivity contribution in [3.8, 4) is 0 Å². The molecular weight excluding hydrogens is 416 g/mol. The summed E-state index contributed by atoms with van der Waals surface area (Å²) in [5.74, 6) is 0.194. The van der Waals surface area contributed by atoms with Crippen molar-refractivity contribution in [1.82, 2.24) is 0 Å². The smallest absolute Gasteiger partial charge is 0.163 e. The number of rotatable bonds is 3. The van der Waals surface area contributed by atoms with Gasteiger partial charge >= 0.3 is 0 Å². The van der Waals surface area contributed by atoms with Crippen LogP contribution in [0.2, 0.25) is 5.02 Å². The summed E-state index contributed by atoms with van der Waals surface area (Å²) in [6.45, 7) is 5.00. The van der Waals surface area contributed by atoms with Crippen molar-refractivity contribution in [3.05, 3.63) is 106 Å². The van der Waals surface area contributed by atoms with E-state index < -0.39 is 0 Å². The molecule has 2 aliphatic rings. The minimum Gasteiger partial charge on any atom is -0.357 e. The third kappa shape index (κ3) is 3.82. The Balaban J connectivity index is 1.77. The second-order valence-electron chi connectivity index (χ2n) is 9.51. The lowest BCUT2D eigenvalue weighted by Gasteiger charge is -2.38. The lowest BCUT2D eigenvalue weighted by molar-refractivity contribution is -0.118. The van der Waals surface area contributed by atoms with Gasteiger partial charge in [-0.2, -0.15) is 0 Å². The SMILES string of the molecule is CC1(C)CC(=O)C2=C(C1)Nc1ccccc1N(Cc1ccccc1)C2c1ccccc1Cl. The lowest BCUT2D eigenvalue weighted by atomic mass is 9.73. The minimum absolute atomic E-state index is 0.0858. The Labute approximate surface area is 194 Å². The van der Waals surface area contributed by atoms with Gasteiger partial charge in [0.05, 0.1) is 17.4 Å². The van der Waals surface area contributed by atoms with Crippen molar-refractivity contribution >= 4 is 28.8 Å². The van der Waals surface area contributed by atoms with Gasteiger partial charge in [-0.05, 0) is 41.2 Å². The van der Waals surface area contributed by atoms with E-state index in [1.165, 1.54) is 5.56 Å². The maximum absolute atomic E-state index is 13.7. The zero-order valence-electron chi connectivity index (χ0n) is 18.4. The van der Waals surface area contributed by atoms with Crippen LogP contribution < -0.4 is 10.2 Å². The standard InChI is InChI=1S/C28H27ClN2O/c1-28(2)16-23-26(25(32)17-28)27(20-12-6-7-13-21(20)29)31(18-19-10-4-3-5-11-19)24-15-9-8-14-22(24)30-23/h3-15,27,30H,16-18H2,1-2H3. The third-order valence-electron chi connectivity index (χ3n) is 6.40. The van der Waals surface area contributed by atoms with Crippen molar-refractivity contribution in [2.24, 2.45) is 5.41 Å². The number of fused-ring (bicyclic) bond motifs is 1. The van der Waals surface area contributed by atoms with Crippen molar-refractivity contribution in [3.63, 3.8) is 0 Å². The predicted molar refractivity (Wildman–Crippen MR) is 132 cm³/mol. The Morgan fingerprint density at radius 2 is 1.62 bits per heavy atom. The molecule has 3 nitrogen and oxygen atoms in total. The number of halogens is 1. The summed E-state index contributed by atoms with van der Waals surface area (Å²) in [4.78, 5) is 16.0. The summed E-state index contributed by atoms with van der Waals surface area (Å²) in [6.07, 6.45) is 1.35. The van der Waals surface area contributed by atoms with Crippen molar-refractivity contribution in [2.75, 3.05) is 10.2 Å². The van der Waals surface area contributed by atoms with Crippen LogP contribution in [0.4, 0.5) is 11.4 Å². The molecular formula is C28H27ClN2O. The number of allylic oxidation sites excluding steroid dienone is 1. The van der Waals surface area contributed by atoms with Crippen LogP contribution in [0.25, 0.3) is 0 Å². The van der Waals surface area contributed by atoms with Gasteiger partial charge in [0.25, 0.3) is 0 Å². The van der Waals surface area contributed by atoms with Crippen molar-refractivity contribution in [1.29, 1.82) is 0 Å². The first-order valence-electron chi connectivity index (χ1n) is 11.1. The molecule has 3 aromatic carbocycles. The molecule has 1 N–H and O–H groups in total. The van der Waals surface area contributed by atoms with Gasteiger partial charge in [0, 0.05) is 29.3 Å². The summed E-state index contributed by atoms with van der Waals surface area (Å²) < 4.78 is 0. The number of para-hydroxylation sites is 2. The molecule has 3 aromatic rings.